The van der Waals surface area contributed by atoms with Gasteiger partial charge in [-0.15, -0.1) is 0 Å². The van der Waals surface area contributed by atoms with Gasteiger partial charge in [-0.25, -0.2) is 9.37 Å². The van der Waals surface area contributed by atoms with Crippen LogP contribution in [0.3, 0.4) is 0 Å². The van der Waals surface area contributed by atoms with Crippen molar-refractivity contribution in [1.29, 1.82) is 0 Å². The maximum absolute atomic E-state index is 13.1. The summed E-state index contributed by atoms with van der Waals surface area (Å²) in [6.45, 7) is 1.77. The molecule has 1 atom stereocenters. The largest absolute Gasteiger partial charge is 0.333 e. The van der Waals surface area contributed by atoms with E-state index in [1.54, 1.807) is 31.3 Å². The molecule has 0 saturated heterocycles. The average Bonchev–Trinajstić information content (AvgIpc) is 3.15. The standard InChI is InChI=1S/C20H17FN4O2S/c1-12(19(27)25-11-18(26)23-15-4-2-3-5-17(15)25)28-20-22-10-16(24-20)13-6-8-14(21)9-7-13/h2-10,12H,11H2,1H3,(H,22,24)(H,23,26). The fraction of sp³-hybridized carbons (Fsp3) is 0.150. The summed E-state index contributed by atoms with van der Waals surface area (Å²) in [5.41, 5.74) is 2.86. The van der Waals surface area contributed by atoms with Crippen LogP contribution in [0, 0.1) is 5.82 Å². The molecular weight excluding hydrogens is 379 g/mol. The lowest BCUT2D eigenvalue weighted by Crippen LogP contribution is -2.45. The summed E-state index contributed by atoms with van der Waals surface area (Å²) >= 11 is 1.28. The Morgan fingerprint density at radius 2 is 1.96 bits per heavy atom. The van der Waals surface area contributed by atoms with Crippen LogP contribution in [0.2, 0.25) is 0 Å². The van der Waals surface area contributed by atoms with Crippen molar-refractivity contribution in [2.45, 2.75) is 17.3 Å². The van der Waals surface area contributed by atoms with Crippen LogP contribution in [0.4, 0.5) is 15.8 Å². The highest BCUT2D eigenvalue weighted by molar-refractivity contribution is 8.00. The minimum Gasteiger partial charge on any atom is -0.333 e. The van der Waals surface area contributed by atoms with Gasteiger partial charge in [0.1, 0.15) is 12.4 Å². The van der Waals surface area contributed by atoms with E-state index in [1.807, 2.05) is 18.2 Å². The number of nitrogens with one attached hydrogen (secondary N) is 2. The lowest BCUT2D eigenvalue weighted by atomic mass is 10.2. The van der Waals surface area contributed by atoms with Crippen molar-refractivity contribution in [1.82, 2.24) is 9.97 Å². The molecule has 0 fully saturated rings. The highest BCUT2D eigenvalue weighted by atomic mass is 32.2. The molecule has 0 spiro atoms. The van der Waals surface area contributed by atoms with E-state index in [2.05, 4.69) is 15.3 Å². The summed E-state index contributed by atoms with van der Waals surface area (Å²) in [6.07, 6.45) is 1.65. The van der Waals surface area contributed by atoms with E-state index < -0.39 is 5.25 Å². The Balaban J connectivity index is 1.50. The smallest absolute Gasteiger partial charge is 0.244 e. The molecule has 4 rings (SSSR count). The van der Waals surface area contributed by atoms with Crippen molar-refractivity contribution < 1.29 is 14.0 Å². The lowest BCUT2D eigenvalue weighted by Gasteiger charge is -2.30. The fourth-order valence-electron chi connectivity index (χ4n) is 3.01. The Hall–Kier alpha value is -3.13. The minimum atomic E-state index is -0.453. The number of hydrogen-bond donors (Lipinski definition) is 2. The van der Waals surface area contributed by atoms with Crippen molar-refractivity contribution in [3.05, 3.63) is 60.5 Å². The third-order valence-corrected chi connectivity index (χ3v) is 5.37. The Bertz CT molecular complexity index is 1030. The van der Waals surface area contributed by atoms with Gasteiger partial charge in [0.2, 0.25) is 11.8 Å². The van der Waals surface area contributed by atoms with Gasteiger partial charge in [0.15, 0.2) is 5.16 Å². The molecule has 8 heteroatoms. The molecule has 28 heavy (non-hydrogen) atoms. The molecule has 1 aromatic heterocycles. The normalized spacial score (nSPS) is 14.4. The van der Waals surface area contributed by atoms with Crippen molar-refractivity contribution in [3.8, 4) is 11.3 Å². The molecule has 6 nitrogen and oxygen atoms in total. The van der Waals surface area contributed by atoms with Crippen LogP contribution in [0.5, 0.6) is 0 Å². The number of thioether (sulfide) groups is 1. The number of halogens is 1. The lowest BCUT2D eigenvalue weighted by molar-refractivity contribution is -0.121. The number of hydrogen-bond acceptors (Lipinski definition) is 4. The number of amides is 2. The van der Waals surface area contributed by atoms with Crippen LogP contribution in [0.25, 0.3) is 11.3 Å². The van der Waals surface area contributed by atoms with Crippen LogP contribution in [-0.4, -0.2) is 33.6 Å². The van der Waals surface area contributed by atoms with E-state index in [-0.39, 0.29) is 24.2 Å². The number of benzene rings is 2. The zero-order valence-corrected chi connectivity index (χ0v) is 15.8. The number of anilines is 2. The number of imidazole rings is 1. The van der Waals surface area contributed by atoms with Gasteiger partial charge in [0.25, 0.3) is 0 Å². The number of carbonyl (C=O) groups is 2. The van der Waals surface area contributed by atoms with Crippen molar-refractivity contribution >= 4 is 35.0 Å². The Morgan fingerprint density at radius 1 is 1.21 bits per heavy atom. The maximum Gasteiger partial charge on any atom is 0.244 e. The highest BCUT2D eigenvalue weighted by Gasteiger charge is 2.30. The van der Waals surface area contributed by atoms with Gasteiger partial charge >= 0.3 is 0 Å². The third kappa shape index (κ3) is 3.63. The van der Waals surface area contributed by atoms with Crippen molar-refractivity contribution in [2.24, 2.45) is 0 Å². The van der Waals surface area contributed by atoms with Crippen LogP contribution >= 0.6 is 11.8 Å². The molecular formula is C20H17FN4O2S. The predicted molar refractivity (Wildman–Crippen MR) is 107 cm³/mol. The van der Waals surface area contributed by atoms with Crippen LogP contribution < -0.4 is 10.2 Å². The third-order valence-electron chi connectivity index (χ3n) is 4.38. The molecule has 3 aromatic rings. The number of nitrogens with zero attached hydrogens (tertiary/aromatic N) is 2. The van der Waals surface area contributed by atoms with Crippen molar-refractivity contribution in [2.75, 3.05) is 16.8 Å². The van der Waals surface area contributed by atoms with Crippen LogP contribution in [-0.2, 0) is 9.59 Å². The van der Waals surface area contributed by atoms with Crippen molar-refractivity contribution in [3.63, 3.8) is 0 Å². The molecule has 142 valence electrons. The van der Waals surface area contributed by atoms with Gasteiger partial charge in [-0.2, -0.15) is 0 Å². The Kier molecular flexibility index (Phi) is 4.87. The number of fused-ring (bicyclic) bond motifs is 1. The van der Waals surface area contributed by atoms with Gasteiger partial charge < -0.3 is 10.3 Å². The minimum absolute atomic E-state index is 0.0142. The highest BCUT2D eigenvalue weighted by Crippen LogP contribution is 2.32. The summed E-state index contributed by atoms with van der Waals surface area (Å²) < 4.78 is 13.1. The number of carbonyl (C=O) groups excluding carboxylic acids is 2. The average molecular weight is 396 g/mol. The van der Waals surface area contributed by atoms with E-state index in [9.17, 15) is 14.0 Å². The van der Waals surface area contributed by atoms with E-state index in [1.165, 1.54) is 28.8 Å². The van der Waals surface area contributed by atoms with Gasteiger partial charge in [-0.05, 0) is 48.9 Å². The molecule has 1 aliphatic rings. The second-order valence-electron chi connectivity index (χ2n) is 6.36. The molecule has 2 N–H and O–H groups in total. The second-order valence-corrected chi connectivity index (χ2v) is 7.69. The molecule has 2 aromatic carbocycles. The number of aromatic nitrogens is 2. The summed E-state index contributed by atoms with van der Waals surface area (Å²) in [6, 6.07) is 13.3. The maximum atomic E-state index is 13.1. The van der Waals surface area contributed by atoms with Gasteiger partial charge in [0.05, 0.1) is 28.5 Å². The molecule has 2 heterocycles. The predicted octanol–water partition coefficient (Wildman–Crippen LogP) is 3.68. The molecule has 0 saturated carbocycles. The van der Waals surface area contributed by atoms with Gasteiger partial charge in [-0.1, -0.05) is 23.9 Å². The number of H-pyrrole nitrogens is 1. The SMILES string of the molecule is CC(Sc1ncc(-c2ccc(F)cc2)[nH]1)C(=O)N1CC(=O)Nc2ccccc21. The summed E-state index contributed by atoms with van der Waals surface area (Å²) in [4.78, 5) is 33.9. The first-order valence-electron chi connectivity index (χ1n) is 8.69. The first-order chi connectivity index (χ1) is 13.5. The molecule has 2 amide bonds. The number of para-hydroxylation sites is 2. The number of rotatable bonds is 4. The Labute approximate surface area is 165 Å². The van der Waals surface area contributed by atoms with Gasteiger partial charge in [-0.3, -0.25) is 14.5 Å². The zero-order chi connectivity index (χ0) is 19.7. The summed E-state index contributed by atoms with van der Waals surface area (Å²) in [5.74, 6) is -0.698. The number of aromatic amines is 1. The second kappa shape index (κ2) is 7.47. The fourth-order valence-corrected chi connectivity index (χ4v) is 3.85. The van der Waals surface area contributed by atoms with E-state index in [4.69, 9.17) is 0 Å². The van der Waals surface area contributed by atoms with Crippen LogP contribution in [0.15, 0.2) is 59.9 Å². The summed E-state index contributed by atoms with van der Waals surface area (Å²) in [5, 5.41) is 2.90. The molecule has 0 bridgehead atoms. The first kappa shape index (κ1) is 18.2. The van der Waals surface area contributed by atoms with Crippen LogP contribution in [0.1, 0.15) is 6.92 Å². The van der Waals surface area contributed by atoms with Gasteiger partial charge in [0, 0.05) is 0 Å². The Morgan fingerprint density at radius 3 is 2.75 bits per heavy atom. The quantitative estimate of drug-likeness (QED) is 0.660. The molecule has 0 radical (unpaired) electrons. The topological polar surface area (TPSA) is 78.1 Å². The van der Waals surface area contributed by atoms with E-state index in [0.29, 0.717) is 16.5 Å². The molecule has 0 aliphatic carbocycles. The zero-order valence-electron chi connectivity index (χ0n) is 15.0. The summed E-state index contributed by atoms with van der Waals surface area (Å²) in [7, 11) is 0. The molecule has 1 aliphatic heterocycles. The molecule has 1 unspecified atom stereocenters. The monoisotopic (exact) mass is 396 g/mol. The van der Waals surface area contributed by atoms with E-state index in [0.717, 1.165) is 11.3 Å². The van der Waals surface area contributed by atoms with E-state index >= 15 is 0 Å². The first-order valence-corrected chi connectivity index (χ1v) is 9.57.